The number of aliphatic carboxylic acids is 1. The number of carboxylic acids is 1. The monoisotopic (exact) mass is 228 g/mol. The van der Waals surface area contributed by atoms with Gasteiger partial charge < -0.3 is 20.3 Å². The van der Waals surface area contributed by atoms with Gasteiger partial charge in [0.1, 0.15) is 0 Å². The van der Waals surface area contributed by atoms with Crippen molar-refractivity contribution in [2.24, 2.45) is 5.92 Å². The zero-order valence-electron chi connectivity index (χ0n) is 8.64. The summed E-state index contributed by atoms with van der Waals surface area (Å²) in [6.07, 6.45) is 1.15. The van der Waals surface area contributed by atoms with E-state index in [1.807, 2.05) is 0 Å². The highest BCUT2D eigenvalue weighted by molar-refractivity contribution is 5.75. The Kier molecular flexibility index (Phi) is 4.25. The molecule has 16 heavy (non-hydrogen) atoms. The van der Waals surface area contributed by atoms with Gasteiger partial charge in [-0.3, -0.25) is 4.79 Å². The normalized spacial score (nSPS) is 11.8. The molecule has 0 aliphatic rings. The zero-order chi connectivity index (χ0) is 12.0. The summed E-state index contributed by atoms with van der Waals surface area (Å²) in [6, 6.07) is -0.474. The van der Waals surface area contributed by atoms with Gasteiger partial charge in [0.2, 0.25) is 6.39 Å². The molecule has 1 heterocycles. The van der Waals surface area contributed by atoms with Crippen molar-refractivity contribution in [3.05, 3.63) is 12.2 Å². The summed E-state index contributed by atoms with van der Waals surface area (Å²) in [5.74, 6) is -1.24. The molecule has 0 saturated heterocycles. The maximum atomic E-state index is 11.2. The van der Waals surface area contributed by atoms with E-state index in [2.05, 4.69) is 25.3 Å². The van der Waals surface area contributed by atoms with Gasteiger partial charge >= 0.3 is 12.0 Å². The molecule has 3 N–H and O–H groups in total. The molecule has 0 aromatic carbocycles. The second-order valence-corrected chi connectivity index (χ2v) is 3.15. The molecule has 0 aliphatic heterocycles. The molecule has 88 valence electrons. The van der Waals surface area contributed by atoms with Gasteiger partial charge in [-0.1, -0.05) is 12.1 Å². The van der Waals surface area contributed by atoms with Gasteiger partial charge in [0.15, 0.2) is 5.82 Å². The van der Waals surface area contributed by atoms with Crippen LogP contribution in [0.4, 0.5) is 4.79 Å². The first kappa shape index (κ1) is 12.0. The largest absolute Gasteiger partial charge is 0.481 e. The molecule has 8 heteroatoms. The average Bonchev–Trinajstić information content (AvgIpc) is 2.75. The second kappa shape index (κ2) is 5.69. The number of carbonyl (C=O) groups is 2. The van der Waals surface area contributed by atoms with E-state index in [1.165, 1.54) is 6.92 Å². The summed E-state index contributed by atoms with van der Waals surface area (Å²) in [6.45, 7) is 1.69. The van der Waals surface area contributed by atoms with E-state index in [-0.39, 0.29) is 13.1 Å². The molecule has 1 rings (SSSR count). The van der Waals surface area contributed by atoms with E-state index < -0.39 is 17.9 Å². The van der Waals surface area contributed by atoms with Crippen LogP contribution in [0.15, 0.2) is 10.9 Å². The number of carbonyl (C=O) groups excluding carboxylic acids is 1. The molecule has 0 radical (unpaired) electrons. The van der Waals surface area contributed by atoms with Gasteiger partial charge in [-0.05, 0) is 0 Å². The van der Waals surface area contributed by atoms with E-state index >= 15 is 0 Å². The van der Waals surface area contributed by atoms with Gasteiger partial charge in [-0.2, -0.15) is 4.98 Å². The lowest BCUT2D eigenvalue weighted by atomic mass is 10.2. The molecule has 0 spiro atoms. The number of hydrogen-bond donors (Lipinski definition) is 3. The Morgan fingerprint density at radius 3 is 2.88 bits per heavy atom. The molecule has 8 nitrogen and oxygen atoms in total. The Morgan fingerprint density at radius 1 is 1.56 bits per heavy atom. The Labute approximate surface area is 91.0 Å². The first-order chi connectivity index (χ1) is 7.59. The maximum Gasteiger partial charge on any atom is 0.315 e. The zero-order valence-corrected chi connectivity index (χ0v) is 8.64. The molecule has 1 aromatic rings. The van der Waals surface area contributed by atoms with Crippen molar-refractivity contribution in [1.82, 2.24) is 20.8 Å². The predicted molar refractivity (Wildman–Crippen MR) is 51.3 cm³/mol. The summed E-state index contributed by atoms with van der Waals surface area (Å²) in [4.78, 5) is 25.3. The number of hydrogen-bond acceptors (Lipinski definition) is 5. The summed E-state index contributed by atoms with van der Waals surface area (Å²) in [5, 5.41) is 16.9. The fourth-order valence-corrected chi connectivity index (χ4v) is 0.825. The van der Waals surface area contributed by atoms with Crippen molar-refractivity contribution in [2.75, 3.05) is 6.54 Å². The molecular weight excluding hydrogens is 216 g/mol. The number of aromatic nitrogens is 2. The Hall–Kier alpha value is -2.12. The number of nitrogens with one attached hydrogen (secondary N) is 2. The quantitative estimate of drug-likeness (QED) is 0.630. The van der Waals surface area contributed by atoms with Crippen molar-refractivity contribution in [2.45, 2.75) is 13.5 Å². The smallest absolute Gasteiger partial charge is 0.315 e. The van der Waals surface area contributed by atoms with Crippen LogP contribution in [0, 0.1) is 5.92 Å². The third-order valence-corrected chi connectivity index (χ3v) is 1.80. The summed E-state index contributed by atoms with van der Waals surface area (Å²) in [5.41, 5.74) is 0. The molecule has 1 aromatic heterocycles. The van der Waals surface area contributed by atoms with Gasteiger partial charge in [0, 0.05) is 6.54 Å². The van der Waals surface area contributed by atoms with Crippen LogP contribution in [0.1, 0.15) is 12.7 Å². The molecule has 2 amide bonds. The fraction of sp³-hybridized carbons (Fsp3) is 0.500. The van der Waals surface area contributed by atoms with Crippen LogP contribution in [0.3, 0.4) is 0 Å². The van der Waals surface area contributed by atoms with Gasteiger partial charge in [0.25, 0.3) is 0 Å². The van der Waals surface area contributed by atoms with Crippen LogP contribution < -0.4 is 10.6 Å². The van der Waals surface area contributed by atoms with Crippen molar-refractivity contribution in [3.8, 4) is 0 Å². The van der Waals surface area contributed by atoms with E-state index in [1.54, 1.807) is 0 Å². The Bertz CT molecular complexity index is 351. The number of urea groups is 1. The molecule has 0 fully saturated rings. The van der Waals surface area contributed by atoms with Crippen LogP contribution in [0.2, 0.25) is 0 Å². The van der Waals surface area contributed by atoms with E-state index in [0.717, 1.165) is 6.39 Å². The Morgan fingerprint density at radius 2 is 2.31 bits per heavy atom. The van der Waals surface area contributed by atoms with E-state index in [0.29, 0.717) is 5.82 Å². The van der Waals surface area contributed by atoms with Crippen molar-refractivity contribution >= 4 is 12.0 Å². The Balaban J connectivity index is 2.19. The summed E-state index contributed by atoms with van der Waals surface area (Å²) >= 11 is 0. The third kappa shape index (κ3) is 3.95. The first-order valence-corrected chi connectivity index (χ1v) is 4.59. The van der Waals surface area contributed by atoms with E-state index in [4.69, 9.17) is 5.11 Å². The fourth-order valence-electron chi connectivity index (χ4n) is 0.825. The van der Waals surface area contributed by atoms with Crippen LogP contribution in [-0.2, 0) is 11.3 Å². The van der Waals surface area contributed by atoms with Gasteiger partial charge in [-0.15, -0.1) is 0 Å². The van der Waals surface area contributed by atoms with Crippen LogP contribution in [0.25, 0.3) is 0 Å². The van der Waals surface area contributed by atoms with Gasteiger partial charge in [0.05, 0.1) is 12.5 Å². The summed E-state index contributed by atoms with van der Waals surface area (Å²) < 4.78 is 4.47. The number of amides is 2. The van der Waals surface area contributed by atoms with Gasteiger partial charge in [-0.25, -0.2) is 4.79 Å². The lowest BCUT2D eigenvalue weighted by Crippen LogP contribution is -2.39. The highest BCUT2D eigenvalue weighted by Crippen LogP contribution is 1.91. The van der Waals surface area contributed by atoms with Crippen LogP contribution in [0.5, 0.6) is 0 Å². The number of nitrogens with zero attached hydrogens (tertiary/aromatic N) is 2. The second-order valence-electron chi connectivity index (χ2n) is 3.15. The highest BCUT2D eigenvalue weighted by Gasteiger charge is 2.11. The minimum Gasteiger partial charge on any atom is -0.481 e. The SMILES string of the molecule is CC(CNC(=O)NCc1ncon1)C(=O)O. The third-order valence-electron chi connectivity index (χ3n) is 1.80. The lowest BCUT2D eigenvalue weighted by Gasteiger charge is -2.08. The topological polar surface area (TPSA) is 117 Å². The van der Waals surface area contributed by atoms with Crippen molar-refractivity contribution in [3.63, 3.8) is 0 Å². The van der Waals surface area contributed by atoms with Crippen molar-refractivity contribution in [1.29, 1.82) is 0 Å². The molecule has 1 unspecified atom stereocenters. The van der Waals surface area contributed by atoms with E-state index in [9.17, 15) is 9.59 Å². The minimum atomic E-state index is -0.960. The molecule has 1 atom stereocenters. The van der Waals surface area contributed by atoms with Crippen molar-refractivity contribution < 1.29 is 19.2 Å². The summed E-state index contributed by atoms with van der Waals surface area (Å²) in [7, 11) is 0. The number of rotatable bonds is 5. The standard InChI is InChI=1S/C8H12N4O4/c1-5(7(13)14)2-9-8(15)10-3-6-11-4-16-12-6/h4-5H,2-3H2,1H3,(H,13,14)(H2,9,10,15). The van der Waals surface area contributed by atoms with Crippen LogP contribution >= 0.6 is 0 Å². The minimum absolute atomic E-state index is 0.0629. The first-order valence-electron chi connectivity index (χ1n) is 4.59. The molecule has 0 saturated carbocycles. The lowest BCUT2D eigenvalue weighted by molar-refractivity contribution is -0.140. The number of carboxylic acid groups (broad SMARTS) is 1. The van der Waals surface area contributed by atoms with Crippen LogP contribution in [-0.4, -0.2) is 33.8 Å². The maximum absolute atomic E-state index is 11.2. The highest BCUT2D eigenvalue weighted by atomic mass is 16.5. The molecular formula is C8H12N4O4. The average molecular weight is 228 g/mol. The molecule has 0 aliphatic carbocycles. The predicted octanol–water partition coefficient (Wildman–Crippen LogP) is -0.411. The molecule has 0 bridgehead atoms.